The Kier molecular flexibility index (Phi) is 4.61. The first-order valence-corrected chi connectivity index (χ1v) is 8.77. The van der Waals surface area contributed by atoms with E-state index < -0.39 is 0 Å². The van der Waals surface area contributed by atoms with Crippen molar-refractivity contribution in [1.82, 2.24) is 34.8 Å². The Morgan fingerprint density at radius 2 is 2.08 bits per heavy atom. The summed E-state index contributed by atoms with van der Waals surface area (Å²) < 4.78 is 7.98. The molecule has 1 saturated heterocycles. The molecule has 9 heteroatoms. The van der Waals surface area contributed by atoms with Gasteiger partial charge >= 0.3 is 0 Å². The second kappa shape index (κ2) is 7.20. The zero-order chi connectivity index (χ0) is 17.9. The number of aryl methyl sites for hydroxylation is 1. The summed E-state index contributed by atoms with van der Waals surface area (Å²) in [4.78, 5) is 14.5. The summed E-state index contributed by atoms with van der Waals surface area (Å²) in [5, 5.41) is 16.4. The summed E-state index contributed by atoms with van der Waals surface area (Å²) in [6.07, 6.45) is 5.55. The molecule has 1 fully saturated rings. The third kappa shape index (κ3) is 3.57. The van der Waals surface area contributed by atoms with Crippen LogP contribution in [0.2, 0.25) is 0 Å². The van der Waals surface area contributed by atoms with Crippen molar-refractivity contribution in [3.8, 4) is 5.82 Å². The Morgan fingerprint density at radius 1 is 1.23 bits per heavy atom. The van der Waals surface area contributed by atoms with E-state index in [1.807, 2.05) is 19.2 Å². The zero-order valence-electron chi connectivity index (χ0n) is 14.7. The number of aromatic nitrogens is 6. The van der Waals surface area contributed by atoms with E-state index in [2.05, 4.69) is 25.4 Å². The van der Waals surface area contributed by atoms with E-state index in [0.717, 1.165) is 43.9 Å². The third-order valence-electron chi connectivity index (χ3n) is 4.85. The third-order valence-corrected chi connectivity index (χ3v) is 4.85. The van der Waals surface area contributed by atoms with E-state index in [1.54, 1.807) is 27.7 Å². The Labute approximate surface area is 150 Å². The molecule has 9 nitrogen and oxygen atoms in total. The van der Waals surface area contributed by atoms with Gasteiger partial charge in [0.1, 0.15) is 11.4 Å². The van der Waals surface area contributed by atoms with E-state index in [0.29, 0.717) is 18.3 Å². The molecule has 0 saturated carbocycles. The van der Waals surface area contributed by atoms with Gasteiger partial charge in [-0.3, -0.25) is 9.69 Å². The van der Waals surface area contributed by atoms with Crippen LogP contribution in [0, 0.1) is 12.8 Å². The van der Waals surface area contributed by atoms with Gasteiger partial charge in [0.05, 0.1) is 0 Å². The lowest BCUT2D eigenvalue weighted by molar-refractivity contribution is 0.159. The molecule has 0 amide bonds. The molecule has 0 aromatic carbocycles. The predicted molar refractivity (Wildman–Crippen MR) is 92.7 cm³/mol. The van der Waals surface area contributed by atoms with E-state index >= 15 is 0 Å². The maximum atomic E-state index is 12.2. The summed E-state index contributed by atoms with van der Waals surface area (Å²) in [5.74, 6) is 1.09. The fourth-order valence-corrected chi connectivity index (χ4v) is 3.27. The number of nitrogens with zero attached hydrogens (tertiary/aromatic N) is 7. The highest BCUT2D eigenvalue weighted by Crippen LogP contribution is 2.20. The van der Waals surface area contributed by atoms with Gasteiger partial charge < -0.3 is 0 Å². The number of hydrogen-bond donors (Lipinski definition) is 0. The lowest BCUT2D eigenvalue weighted by Crippen LogP contribution is -2.36. The van der Waals surface area contributed by atoms with Gasteiger partial charge in [-0.05, 0) is 50.9 Å². The van der Waals surface area contributed by atoms with Crippen molar-refractivity contribution in [1.29, 1.82) is 0 Å². The van der Waals surface area contributed by atoms with Crippen LogP contribution in [0.1, 0.15) is 24.2 Å². The van der Waals surface area contributed by atoms with Gasteiger partial charge in [0, 0.05) is 31.5 Å². The minimum absolute atomic E-state index is 0.0763. The lowest BCUT2D eigenvalue weighted by Gasteiger charge is -2.31. The first-order valence-electron chi connectivity index (χ1n) is 8.77. The van der Waals surface area contributed by atoms with E-state index in [9.17, 15) is 4.79 Å². The topological polar surface area (TPSA) is 94.9 Å². The molecular formula is C17H21N7O2. The number of hydrogen-bond acceptors (Lipinski definition) is 7. The molecule has 0 radical (unpaired) electrons. The summed E-state index contributed by atoms with van der Waals surface area (Å²) in [6, 6.07) is 5.08. The minimum atomic E-state index is -0.0763. The van der Waals surface area contributed by atoms with Crippen LogP contribution in [-0.2, 0) is 13.1 Å². The maximum absolute atomic E-state index is 12.2. The smallest absolute Gasteiger partial charge is 0.266 e. The summed E-state index contributed by atoms with van der Waals surface area (Å²) >= 11 is 0. The van der Waals surface area contributed by atoms with Crippen molar-refractivity contribution in [3.63, 3.8) is 0 Å². The van der Waals surface area contributed by atoms with Crippen molar-refractivity contribution < 1.29 is 4.63 Å². The van der Waals surface area contributed by atoms with Crippen LogP contribution in [0.15, 0.2) is 40.0 Å². The van der Waals surface area contributed by atoms with E-state index in [-0.39, 0.29) is 5.56 Å². The Balaban J connectivity index is 1.38. The average molecular weight is 355 g/mol. The molecule has 136 valence electrons. The highest BCUT2D eigenvalue weighted by molar-refractivity contribution is 5.17. The van der Waals surface area contributed by atoms with Crippen molar-refractivity contribution in [3.05, 3.63) is 52.3 Å². The molecular weight excluding hydrogens is 334 g/mol. The molecule has 1 aliphatic heterocycles. The molecule has 4 rings (SSSR count). The van der Waals surface area contributed by atoms with Crippen LogP contribution in [-0.4, -0.2) is 47.9 Å². The largest absolute Gasteiger partial charge is 0.297 e. The average Bonchev–Trinajstić information content (AvgIpc) is 3.31. The van der Waals surface area contributed by atoms with E-state index in [1.165, 1.54) is 0 Å². The standard InChI is InChI=1S/C17H21N7O2/c1-13-15(21-26-20-13)12-22-9-5-14(6-10-22)11-24-17(25)4-3-16(19-24)23-8-2-7-18-23/h2-4,7-8,14H,5-6,9-12H2,1H3. The predicted octanol–water partition coefficient (Wildman–Crippen LogP) is 1.03. The quantitative estimate of drug-likeness (QED) is 0.674. The van der Waals surface area contributed by atoms with Crippen LogP contribution < -0.4 is 5.56 Å². The molecule has 1 aliphatic rings. The fraction of sp³-hybridized carbons (Fsp3) is 0.471. The van der Waals surface area contributed by atoms with Crippen LogP contribution in [0.3, 0.4) is 0 Å². The summed E-state index contributed by atoms with van der Waals surface area (Å²) in [5.41, 5.74) is 1.67. The van der Waals surface area contributed by atoms with Crippen LogP contribution in [0.25, 0.3) is 5.82 Å². The fourth-order valence-electron chi connectivity index (χ4n) is 3.27. The van der Waals surface area contributed by atoms with Gasteiger partial charge in [-0.2, -0.15) is 5.10 Å². The molecule has 0 unspecified atom stereocenters. The Morgan fingerprint density at radius 3 is 2.77 bits per heavy atom. The number of rotatable bonds is 5. The Hall–Kier alpha value is -2.81. The van der Waals surface area contributed by atoms with Crippen molar-refractivity contribution in [2.75, 3.05) is 13.1 Å². The molecule has 0 bridgehead atoms. The second-order valence-corrected chi connectivity index (χ2v) is 6.68. The normalized spacial score (nSPS) is 16.2. The summed E-state index contributed by atoms with van der Waals surface area (Å²) in [7, 11) is 0. The molecule has 0 N–H and O–H groups in total. The van der Waals surface area contributed by atoms with E-state index in [4.69, 9.17) is 4.63 Å². The summed E-state index contributed by atoms with van der Waals surface area (Å²) in [6.45, 7) is 5.22. The van der Waals surface area contributed by atoms with Gasteiger partial charge in [-0.15, -0.1) is 5.10 Å². The first-order chi connectivity index (χ1) is 12.7. The molecule has 0 atom stereocenters. The molecule has 0 aliphatic carbocycles. The molecule has 4 heterocycles. The van der Waals surface area contributed by atoms with Crippen LogP contribution >= 0.6 is 0 Å². The van der Waals surface area contributed by atoms with Crippen LogP contribution in [0.4, 0.5) is 0 Å². The first kappa shape index (κ1) is 16.6. The molecule has 0 spiro atoms. The van der Waals surface area contributed by atoms with Crippen molar-refractivity contribution in [2.45, 2.75) is 32.9 Å². The number of likely N-dealkylation sites (tertiary alicyclic amines) is 1. The molecule has 26 heavy (non-hydrogen) atoms. The van der Waals surface area contributed by atoms with Crippen LogP contribution in [0.5, 0.6) is 0 Å². The Bertz CT molecular complexity index is 907. The molecule has 3 aromatic rings. The van der Waals surface area contributed by atoms with Gasteiger partial charge in [-0.1, -0.05) is 10.3 Å². The highest BCUT2D eigenvalue weighted by Gasteiger charge is 2.22. The van der Waals surface area contributed by atoms with Gasteiger partial charge in [0.25, 0.3) is 5.56 Å². The van der Waals surface area contributed by atoms with Gasteiger partial charge in [0.15, 0.2) is 5.82 Å². The lowest BCUT2D eigenvalue weighted by atomic mass is 9.96. The van der Waals surface area contributed by atoms with Crippen molar-refractivity contribution >= 4 is 0 Å². The van der Waals surface area contributed by atoms with Crippen molar-refractivity contribution in [2.24, 2.45) is 5.92 Å². The van der Waals surface area contributed by atoms with Gasteiger partial charge in [0.2, 0.25) is 0 Å². The molecule has 3 aromatic heterocycles. The maximum Gasteiger partial charge on any atom is 0.266 e. The minimum Gasteiger partial charge on any atom is -0.297 e. The second-order valence-electron chi connectivity index (χ2n) is 6.68. The highest BCUT2D eigenvalue weighted by atomic mass is 16.6. The number of piperidine rings is 1. The SMILES string of the molecule is Cc1nonc1CN1CCC(Cn2nc(-n3cccn3)ccc2=O)CC1. The zero-order valence-corrected chi connectivity index (χ0v) is 14.7. The monoisotopic (exact) mass is 355 g/mol. The van der Waals surface area contributed by atoms with Gasteiger partial charge in [-0.25, -0.2) is 14.0 Å².